The molecule has 2 rings (SSSR count). The molecule has 0 aromatic heterocycles. The number of benzene rings is 1. The summed E-state index contributed by atoms with van der Waals surface area (Å²) in [4.78, 5) is 11.1. The Hall–Kier alpha value is -1.37. The number of carbonyl (C=O) groups excluding carboxylic acids is 1. The standard InChI is InChI=1S/C12H12O/c1-8-3-4-10-6-11(9(2)13)7-12(10)5-8/h3-5,7H,6H2,1-2H3. The fraction of sp³-hybridized carbons (Fsp3) is 0.250. The monoisotopic (exact) mass is 172 g/mol. The first-order valence-electron chi connectivity index (χ1n) is 4.48. The molecule has 0 saturated carbocycles. The molecule has 1 aliphatic carbocycles. The van der Waals surface area contributed by atoms with Crippen molar-refractivity contribution in [2.24, 2.45) is 0 Å². The lowest BCUT2D eigenvalue weighted by Gasteiger charge is -1.98. The molecule has 0 radical (unpaired) electrons. The van der Waals surface area contributed by atoms with Crippen molar-refractivity contribution in [3.8, 4) is 0 Å². The number of ketones is 1. The Balaban J connectivity index is 2.43. The highest BCUT2D eigenvalue weighted by molar-refractivity contribution is 6.00. The molecule has 0 amide bonds. The Labute approximate surface area is 78.1 Å². The van der Waals surface area contributed by atoms with Crippen molar-refractivity contribution in [1.82, 2.24) is 0 Å². The van der Waals surface area contributed by atoms with E-state index in [1.165, 1.54) is 16.7 Å². The molecule has 0 spiro atoms. The van der Waals surface area contributed by atoms with Crippen LogP contribution in [0.15, 0.2) is 23.8 Å². The Morgan fingerprint density at radius 2 is 2.15 bits per heavy atom. The third-order valence-corrected chi connectivity index (χ3v) is 2.46. The van der Waals surface area contributed by atoms with E-state index in [1.807, 2.05) is 6.08 Å². The minimum Gasteiger partial charge on any atom is -0.295 e. The number of fused-ring (bicyclic) bond motifs is 1. The summed E-state index contributed by atoms with van der Waals surface area (Å²) in [6.07, 6.45) is 2.82. The molecule has 0 saturated heterocycles. The summed E-state index contributed by atoms with van der Waals surface area (Å²) in [5.74, 6) is 0.189. The molecular weight excluding hydrogens is 160 g/mol. The summed E-state index contributed by atoms with van der Waals surface area (Å²) in [5, 5.41) is 0. The van der Waals surface area contributed by atoms with Gasteiger partial charge in [0.05, 0.1) is 0 Å². The van der Waals surface area contributed by atoms with Crippen molar-refractivity contribution in [2.75, 3.05) is 0 Å². The smallest absolute Gasteiger partial charge is 0.156 e. The van der Waals surface area contributed by atoms with Crippen LogP contribution in [0.4, 0.5) is 0 Å². The number of rotatable bonds is 1. The van der Waals surface area contributed by atoms with Crippen LogP contribution < -0.4 is 0 Å². The Bertz CT molecular complexity index is 400. The summed E-state index contributed by atoms with van der Waals surface area (Å²) in [6, 6.07) is 6.33. The highest BCUT2D eigenvalue weighted by Crippen LogP contribution is 2.25. The van der Waals surface area contributed by atoms with Crippen LogP contribution in [0.5, 0.6) is 0 Å². The van der Waals surface area contributed by atoms with Crippen LogP contribution in [-0.2, 0) is 11.2 Å². The maximum atomic E-state index is 11.1. The molecule has 1 nitrogen and oxygen atoms in total. The normalized spacial score (nSPS) is 13.8. The Morgan fingerprint density at radius 1 is 1.38 bits per heavy atom. The summed E-state index contributed by atoms with van der Waals surface area (Å²) in [7, 11) is 0. The molecule has 0 N–H and O–H groups in total. The van der Waals surface area contributed by atoms with Gasteiger partial charge in [-0.1, -0.05) is 23.8 Å². The van der Waals surface area contributed by atoms with Crippen LogP contribution in [0.25, 0.3) is 6.08 Å². The SMILES string of the molecule is CC(=O)C1=Cc2cc(C)ccc2C1. The maximum Gasteiger partial charge on any atom is 0.156 e. The quantitative estimate of drug-likeness (QED) is 0.636. The number of carbonyl (C=O) groups is 1. The van der Waals surface area contributed by atoms with Crippen molar-refractivity contribution >= 4 is 11.9 Å². The zero-order valence-corrected chi connectivity index (χ0v) is 7.92. The number of hydrogen-bond donors (Lipinski definition) is 0. The Kier molecular flexibility index (Phi) is 1.80. The zero-order valence-electron chi connectivity index (χ0n) is 7.92. The van der Waals surface area contributed by atoms with Gasteiger partial charge in [0.2, 0.25) is 0 Å². The molecule has 1 aliphatic rings. The van der Waals surface area contributed by atoms with E-state index in [2.05, 4.69) is 25.1 Å². The molecule has 0 unspecified atom stereocenters. The largest absolute Gasteiger partial charge is 0.295 e. The molecule has 66 valence electrons. The van der Waals surface area contributed by atoms with E-state index in [9.17, 15) is 4.79 Å². The fourth-order valence-electron chi connectivity index (χ4n) is 1.68. The van der Waals surface area contributed by atoms with Crippen molar-refractivity contribution < 1.29 is 4.79 Å². The van der Waals surface area contributed by atoms with Crippen molar-refractivity contribution in [2.45, 2.75) is 20.3 Å². The fourth-order valence-corrected chi connectivity index (χ4v) is 1.68. The van der Waals surface area contributed by atoms with Crippen LogP contribution in [0.2, 0.25) is 0 Å². The molecule has 1 aromatic rings. The van der Waals surface area contributed by atoms with Crippen LogP contribution >= 0.6 is 0 Å². The topological polar surface area (TPSA) is 17.1 Å². The predicted octanol–water partition coefficient (Wildman–Crippen LogP) is 2.52. The summed E-state index contributed by atoms with van der Waals surface area (Å²) in [5.41, 5.74) is 4.67. The van der Waals surface area contributed by atoms with E-state index in [-0.39, 0.29) is 5.78 Å². The van der Waals surface area contributed by atoms with Crippen LogP contribution in [0.1, 0.15) is 23.6 Å². The lowest BCUT2D eigenvalue weighted by Crippen LogP contribution is -1.95. The second-order valence-corrected chi connectivity index (χ2v) is 3.60. The van der Waals surface area contributed by atoms with Gasteiger partial charge in [0, 0.05) is 6.42 Å². The molecule has 0 aliphatic heterocycles. The molecule has 0 atom stereocenters. The average molecular weight is 172 g/mol. The van der Waals surface area contributed by atoms with Crippen molar-refractivity contribution in [3.05, 3.63) is 40.5 Å². The van der Waals surface area contributed by atoms with Crippen molar-refractivity contribution in [1.29, 1.82) is 0 Å². The average Bonchev–Trinajstić information content (AvgIpc) is 2.46. The van der Waals surface area contributed by atoms with Gasteiger partial charge in [0.1, 0.15) is 0 Å². The molecule has 1 heteroatoms. The van der Waals surface area contributed by atoms with E-state index < -0.39 is 0 Å². The lowest BCUT2D eigenvalue weighted by atomic mass is 10.1. The molecule has 0 bridgehead atoms. The number of Topliss-reactive ketones (excluding diaryl/α,β-unsaturated/α-hetero) is 1. The molecular formula is C12H12O. The summed E-state index contributed by atoms with van der Waals surface area (Å²) < 4.78 is 0. The van der Waals surface area contributed by atoms with Gasteiger partial charge < -0.3 is 0 Å². The third kappa shape index (κ3) is 1.42. The van der Waals surface area contributed by atoms with Gasteiger partial charge in [0.25, 0.3) is 0 Å². The number of hydrogen-bond acceptors (Lipinski definition) is 1. The van der Waals surface area contributed by atoms with E-state index >= 15 is 0 Å². The molecule has 0 heterocycles. The number of aryl methyl sites for hydroxylation is 1. The van der Waals surface area contributed by atoms with Gasteiger partial charge in [-0.15, -0.1) is 0 Å². The van der Waals surface area contributed by atoms with Crippen LogP contribution in [0, 0.1) is 6.92 Å². The second kappa shape index (κ2) is 2.84. The first kappa shape index (κ1) is 8.24. The Morgan fingerprint density at radius 3 is 2.85 bits per heavy atom. The highest BCUT2D eigenvalue weighted by atomic mass is 16.1. The molecule has 0 fully saturated rings. The van der Waals surface area contributed by atoms with Gasteiger partial charge in [0.15, 0.2) is 5.78 Å². The van der Waals surface area contributed by atoms with Crippen molar-refractivity contribution in [3.63, 3.8) is 0 Å². The maximum absolute atomic E-state index is 11.1. The summed E-state index contributed by atoms with van der Waals surface area (Å²) in [6.45, 7) is 3.70. The minimum atomic E-state index is 0.189. The van der Waals surface area contributed by atoms with Gasteiger partial charge in [-0.25, -0.2) is 0 Å². The minimum absolute atomic E-state index is 0.189. The summed E-state index contributed by atoms with van der Waals surface area (Å²) >= 11 is 0. The highest BCUT2D eigenvalue weighted by Gasteiger charge is 2.14. The van der Waals surface area contributed by atoms with Gasteiger partial charge in [-0.2, -0.15) is 0 Å². The van der Waals surface area contributed by atoms with Gasteiger partial charge in [-0.3, -0.25) is 4.79 Å². The van der Waals surface area contributed by atoms with E-state index in [1.54, 1.807) is 6.92 Å². The molecule has 1 aromatic carbocycles. The van der Waals surface area contributed by atoms with Crippen LogP contribution in [0.3, 0.4) is 0 Å². The second-order valence-electron chi connectivity index (χ2n) is 3.60. The molecule has 13 heavy (non-hydrogen) atoms. The van der Waals surface area contributed by atoms with Crippen LogP contribution in [-0.4, -0.2) is 5.78 Å². The van der Waals surface area contributed by atoms with E-state index in [0.29, 0.717) is 0 Å². The van der Waals surface area contributed by atoms with E-state index in [0.717, 1.165) is 12.0 Å². The number of allylic oxidation sites excluding steroid dienone is 1. The first-order chi connectivity index (χ1) is 6.16. The predicted molar refractivity (Wildman–Crippen MR) is 53.5 cm³/mol. The first-order valence-corrected chi connectivity index (χ1v) is 4.48. The third-order valence-electron chi connectivity index (χ3n) is 2.46. The van der Waals surface area contributed by atoms with Gasteiger partial charge >= 0.3 is 0 Å². The van der Waals surface area contributed by atoms with E-state index in [4.69, 9.17) is 0 Å². The zero-order chi connectivity index (χ0) is 9.42. The lowest BCUT2D eigenvalue weighted by molar-refractivity contribution is -0.113. The van der Waals surface area contributed by atoms with Gasteiger partial charge in [-0.05, 0) is 36.6 Å².